The number of nitrogens with two attached hydrogens (primary N) is 1. The Morgan fingerprint density at radius 2 is 1.96 bits per heavy atom. The van der Waals surface area contributed by atoms with Crippen LogP contribution in [0.1, 0.15) is 34.7 Å². The number of hydrogen-bond donors (Lipinski definition) is 2. The van der Waals surface area contributed by atoms with Gasteiger partial charge in [-0.1, -0.05) is 18.2 Å². The highest BCUT2D eigenvalue weighted by atomic mass is 16.3. The average Bonchev–Trinajstić information content (AvgIpc) is 3.06. The molecule has 3 N–H and O–H groups in total. The summed E-state index contributed by atoms with van der Waals surface area (Å²) >= 11 is 0. The molecule has 0 saturated carbocycles. The average molecular weight is 321 g/mol. The molecule has 0 bridgehead atoms. The van der Waals surface area contributed by atoms with E-state index in [0.29, 0.717) is 28.5 Å². The van der Waals surface area contributed by atoms with Crippen LogP contribution < -0.4 is 11.1 Å². The minimum Gasteiger partial charge on any atom is -0.435 e. The number of piperidine rings is 1. The van der Waals surface area contributed by atoms with E-state index in [-0.39, 0.29) is 0 Å². The van der Waals surface area contributed by atoms with Gasteiger partial charge in [-0.05, 0) is 61.7 Å². The van der Waals surface area contributed by atoms with E-state index in [2.05, 4.69) is 22.4 Å². The second kappa shape index (κ2) is 6.09. The molecule has 3 aromatic rings. The van der Waals surface area contributed by atoms with Crippen molar-refractivity contribution in [2.24, 2.45) is 5.73 Å². The lowest BCUT2D eigenvalue weighted by Gasteiger charge is -2.23. The predicted octanol–water partition coefficient (Wildman–Crippen LogP) is 3.06. The van der Waals surface area contributed by atoms with Gasteiger partial charge in [0.1, 0.15) is 5.52 Å². The molecule has 1 amide bonds. The second-order valence-electron chi connectivity index (χ2n) is 6.19. The van der Waals surface area contributed by atoms with Gasteiger partial charge in [0.25, 0.3) is 5.91 Å². The molecule has 5 heteroatoms. The number of rotatable bonds is 3. The summed E-state index contributed by atoms with van der Waals surface area (Å²) in [4.78, 5) is 16.1. The SMILES string of the molecule is NC(=O)c1cccc2nc(-c3cccc(C4CCNCC4)c3)oc12. The van der Waals surface area contributed by atoms with Crippen LogP contribution in [0, 0.1) is 0 Å². The number of benzene rings is 2. The van der Waals surface area contributed by atoms with Crippen LogP contribution in [-0.4, -0.2) is 24.0 Å². The maximum atomic E-state index is 11.5. The summed E-state index contributed by atoms with van der Waals surface area (Å²) in [5.41, 5.74) is 9.12. The van der Waals surface area contributed by atoms with Crippen LogP contribution in [0.25, 0.3) is 22.6 Å². The highest BCUT2D eigenvalue weighted by Gasteiger charge is 2.18. The normalized spacial score (nSPS) is 15.7. The van der Waals surface area contributed by atoms with E-state index < -0.39 is 5.91 Å². The highest BCUT2D eigenvalue weighted by molar-refractivity contribution is 6.03. The molecule has 0 radical (unpaired) electrons. The number of carbonyl (C=O) groups is 1. The van der Waals surface area contributed by atoms with Crippen LogP contribution in [0.4, 0.5) is 0 Å². The zero-order valence-corrected chi connectivity index (χ0v) is 13.3. The van der Waals surface area contributed by atoms with E-state index in [1.165, 1.54) is 5.56 Å². The molecule has 1 aliphatic rings. The number of carbonyl (C=O) groups excluding carboxylic acids is 1. The third kappa shape index (κ3) is 2.67. The van der Waals surface area contributed by atoms with Gasteiger partial charge in [-0.25, -0.2) is 4.98 Å². The monoisotopic (exact) mass is 321 g/mol. The van der Waals surface area contributed by atoms with Crippen molar-refractivity contribution >= 4 is 17.0 Å². The van der Waals surface area contributed by atoms with Crippen molar-refractivity contribution in [2.75, 3.05) is 13.1 Å². The van der Waals surface area contributed by atoms with Crippen molar-refractivity contribution < 1.29 is 9.21 Å². The molecular weight excluding hydrogens is 302 g/mol. The van der Waals surface area contributed by atoms with Crippen molar-refractivity contribution in [3.05, 3.63) is 53.6 Å². The van der Waals surface area contributed by atoms with E-state index in [9.17, 15) is 4.79 Å². The molecular formula is C19H19N3O2. The van der Waals surface area contributed by atoms with Gasteiger partial charge >= 0.3 is 0 Å². The van der Waals surface area contributed by atoms with Crippen LogP contribution in [0.3, 0.4) is 0 Å². The number of primary amides is 1. The number of para-hydroxylation sites is 1. The second-order valence-corrected chi connectivity index (χ2v) is 6.19. The maximum absolute atomic E-state index is 11.5. The molecule has 24 heavy (non-hydrogen) atoms. The molecule has 2 aromatic carbocycles. The van der Waals surface area contributed by atoms with Crippen LogP contribution >= 0.6 is 0 Å². The van der Waals surface area contributed by atoms with Crippen LogP contribution in [0.2, 0.25) is 0 Å². The summed E-state index contributed by atoms with van der Waals surface area (Å²) in [6.07, 6.45) is 2.28. The van der Waals surface area contributed by atoms with Gasteiger partial charge in [0, 0.05) is 5.56 Å². The van der Waals surface area contributed by atoms with Crippen LogP contribution in [0.5, 0.6) is 0 Å². The predicted molar refractivity (Wildman–Crippen MR) is 92.8 cm³/mol. The first-order chi connectivity index (χ1) is 11.7. The number of amides is 1. The number of nitrogens with one attached hydrogen (secondary N) is 1. The Labute approximate surface area is 139 Å². The molecule has 0 aliphatic carbocycles. The molecule has 4 rings (SSSR count). The molecule has 1 saturated heterocycles. The topological polar surface area (TPSA) is 81.2 Å². The third-order valence-corrected chi connectivity index (χ3v) is 4.62. The standard InChI is InChI=1S/C19H19N3O2/c20-18(23)15-5-2-6-16-17(15)24-19(22-16)14-4-1-3-13(11-14)12-7-9-21-10-8-12/h1-6,11-12,21H,7-10H2,(H2,20,23). The minimum atomic E-state index is -0.508. The third-order valence-electron chi connectivity index (χ3n) is 4.62. The molecule has 1 aliphatic heterocycles. The van der Waals surface area contributed by atoms with Crippen LogP contribution in [0.15, 0.2) is 46.9 Å². The molecule has 2 heterocycles. The fourth-order valence-electron chi connectivity index (χ4n) is 3.35. The lowest BCUT2D eigenvalue weighted by Crippen LogP contribution is -2.26. The van der Waals surface area contributed by atoms with Gasteiger partial charge in [-0.2, -0.15) is 0 Å². The number of hydrogen-bond acceptors (Lipinski definition) is 4. The Morgan fingerprint density at radius 1 is 1.17 bits per heavy atom. The first-order valence-corrected chi connectivity index (χ1v) is 8.23. The highest BCUT2D eigenvalue weighted by Crippen LogP contribution is 2.31. The summed E-state index contributed by atoms with van der Waals surface area (Å²) in [7, 11) is 0. The van der Waals surface area contributed by atoms with Crippen molar-refractivity contribution in [1.29, 1.82) is 0 Å². The first-order valence-electron chi connectivity index (χ1n) is 8.23. The first kappa shape index (κ1) is 14.9. The summed E-state index contributed by atoms with van der Waals surface area (Å²) in [5, 5.41) is 3.39. The van der Waals surface area contributed by atoms with Crippen molar-refractivity contribution in [3.63, 3.8) is 0 Å². The number of aromatic nitrogens is 1. The number of fused-ring (bicyclic) bond motifs is 1. The Kier molecular flexibility index (Phi) is 3.78. The van der Waals surface area contributed by atoms with Gasteiger partial charge in [-0.3, -0.25) is 4.79 Å². The molecule has 0 atom stereocenters. The van der Waals surface area contributed by atoms with E-state index in [1.54, 1.807) is 12.1 Å². The Balaban J connectivity index is 1.74. The van der Waals surface area contributed by atoms with E-state index in [0.717, 1.165) is 31.5 Å². The van der Waals surface area contributed by atoms with Crippen LogP contribution in [-0.2, 0) is 0 Å². The number of oxazole rings is 1. The minimum absolute atomic E-state index is 0.362. The largest absolute Gasteiger partial charge is 0.435 e. The lowest BCUT2D eigenvalue weighted by atomic mass is 9.89. The van der Waals surface area contributed by atoms with Crippen molar-refractivity contribution in [1.82, 2.24) is 10.3 Å². The maximum Gasteiger partial charge on any atom is 0.252 e. The molecule has 1 aromatic heterocycles. The molecule has 0 unspecified atom stereocenters. The molecule has 5 nitrogen and oxygen atoms in total. The van der Waals surface area contributed by atoms with E-state index in [1.807, 2.05) is 18.2 Å². The Hall–Kier alpha value is -2.66. The summed E-state index contributed by atoms with van der Waals surface area (Å²) < 4.78 is 5.86. The summed E-state index contributed by atoms with van der Waals surface area (Å²) in [5.74, 6) is 0.581. The Morgan fingerprint density at radius 3 is 2.75 bits per heavy atom. The van der Waals surface area contributed by atoms with Crippen molar-refractivity contribution in [3.8, 4) is 11.5 Å². The molecule has 122 valence electrons. The summed E-state index contributed by atoms with van der Waals surface area (Å²) in [6, 6.07) is 13.6. The fourth-order valence-corrected chi connectivity index (χ4v) is 3.35. The quantitative estimate of drug-likeness (QED) is 0.777. The summed E-state index contributed by atoms with van der Waals surface area (Å²) in [6.45, 7) is 2.11. The smallest absolute Gasteiger partial charge is 0.252 e. The zero-order valence-electron chi connectivity index (χ0n) is 13.3. The Bertz CT molecular complexity index is 895. The van der Waals surface area contributed by atoms with Crippen molar-refractivity contribution in [2.45, 2.75) is 18.8 Å². The van der Waals surface area contributed by atoms with E-state index in [4.69, 9.17) is 10.2 Å². The zero-order chi connectivity index (χ0) is 16.5. The fraction of sp³-hybridized carbons (Fsp3) is 0.263. The van der Waals surface area contributed by atoms with Gasteiger partial charge in [0.05, 0.1) is 5.56 Å². The van der Waals surface area contributed by atoms with E-state index >= 15 is 0 Å². The lowest BCUT2D eigenvalue weighted by molar-refractivity contribution is 0.100. The number of nitrogens with zero attached hydrogens (tertiary/aromatic N) is 1. The van der Waals surface area contributed by atoms with Gasteiger partial charge in [0.15, 0.2) is 5.58 Å². The van der Waals surface area contributed by atoms with Gasteiger partial charge < -0.3 is 15.5 Å². The molecule has 1 fully saturated rings. The van der Waals surface area contributed by atoms with Gasteiger partial charge in [-0.15, -0.1) is 0 Å². The molecule has 0 spiro atoms. The van der Waals surface area contributed by atoms with Gasteiger partial charge in [0.2, 0.25) is 5.89 Å².